The van der Waals surface area contributed by atoms with Gasteiger partial charge in [0.05, 0.1) is 20.2 Å². The van der Waals surface area contributed by atoms with Gasteiger partial charge < -0.3 is 15.8 Å². The van der Waals surface area contributed by atoms with Crippen LogP contribution in [0.25, 0.3) is 11.1 Å². The summed E-state index contributed by atoms with van der Waals surface area (Å²) in [7, 11) is 1.64. The van der Waals surface area contributed by atoms with Crippen LogP contribution in [0.1, 0.15) is 11.1 Å². The van der Waals surface area contributed by atoms with Crippen LogP contribution >= 0.6 is 0 Å². The average Bonchev–Trinajstić information content (AvgIpc) is 3.32. The Hall–Kier alpha value is -4.13. The van der Waals surface area contributed by atoms with Crippen LogP contribution in [0.5, 0.6) is 5.75 Å². The number of guanidine groups is 1. The van der Waals surface area contributed by atoms with Crippen molar-refractivity contribution >= 4 is 11.6 Å². The largest absolute Gasteiger partial charge is 0.497 e. The molecule has 0 saturated heterocycles. The van der Waals surface area contributed by atoms with Gasteiger partial charge in [-0.05, 0) is 46.5 Å². The molecule has 0 atom stereocenters. The van der Waals surface area contributed by atoms with Crippen LogP contribution in [0.2, 0.25) is 0 Å². The number of aromatic nitrogens is 3. The molecule has 4 rings (SSSR count). The Bertz CT molecular complexity index is 1140. The summed E-state index contributed by atoms with van der Waals surface area (Å²) in [5.41, 5.74) is 11.5. The maximum Gasteiger partial charge on any atom is 0.193 e. The van der Waals surface area contributed by atoms with Crippen LogP contribution in [0.3, 0.4) is 0 Å². The Morgan fingerprint density at radius 1 is 1.03 bits per heavy atom. The molecule has 1 heterocycles. The Kier molecular flexibility index (Phi) is 6.23. The zero-order valence-electron chi connectivity index (χ0n) is 17.3. The molecular formula is C24H24N6O. The molecule has 3 N–H and O–H groups in total. The molecule has 31 heavy (non-hydrogen) atoms. The topological polar surface area (TPSA) is 90.3 Å². The van der Waals surface area contributed by atoms with E-state index in [0.717, 1.165) is 33.7 Å². The third-order valence-electron chi connectivity index (χ3n) is 4.88. The van der Waals surface area contributed by atoms with Gasteiger partial charge in [-0.2, -0.15) is 5.10 Å². The molecule has 0 aliphatic rings. The zero-order valence-corrected chi connectivity index (χ0v) is 17.3. The smallest absolute Gasteiger partial charge is 0.193 e. The Labute approximate surface area is 181 Å². The van der Waals surface area contributed by atoms with E-state index in [4.69, 9.17) is 10.5 Å². The molecule has 0 saturated carbocycles. The number of hydrogen-bond acceptors (Lipinski definition) is 4. The van der Waals surface area contributed by atoms with Crippen LogP contribution in [0, 0.1) is 0 Å². The second-order valence-electron chi connectivity index (χ2n) is 7.00. The van der Waals surface area contributed by atoms with Crippen LogP contribution in [0.15, 0.2) is 90.4 Å². The highest BCUT2D eigenvalue weighted by Crippen LogP contribution is 2.25. The van der Waals surface area contributed by atoms with Gasteiger partial charge in [-0.1, -0.05) is 48.5 Å². The maximum absolute atomic E-state index is 6.09. The molecule has 3 aromatic carbocycles. The van der Waals surface area contributed by atoms with Gasteiger partial charge in [0.1, 0.15) is 18.4 Å². The van der Waals surface area contributed by atoms with E-state index in [9.17, 15) is 0 Å². The molecule has 7 heteroatoms. The number of anilines is 1. The number of methoxy groups -OCH3 is 1. The molecule has 4 aromatic rings. The molecule has 1 aromatic heterocycles. The van der Waals surface area contributed by atoms with Gasteiger partial charge >= 0.3 is 0 Å². The minimum atomic E-state index is 0.364. The quantitative estimate of drug-likeness (QED) is 0.355. The van der Waals surface area contributed by atoms with E-state index in [1.54, 1.807) is 24.4 Å². The first kappa shape index (κ1) is 20.2. The van der Waals surface area contributed by atoms with Crippen LogP contribution in [-0.4, -0.2) is 27.8 Å². The number of nitrogens with one attached hydrogen (secondary N) is 1. The number of nitrogens with two attached hydrogens (primary N) is 1. The lowest BCUT2D eigenvalue weighted by Crippen LogP contribution is -2.22. The normalized spacial score (nSPS) is 11.3. The van der Waals surface area contributed by atoms with Crippen molar-refractivity contribution in [2.75, 3.05) is 12.4 Å². The van der Waals surface area contributed by atoms with Crippen molar-refractivity contribution in [2.24, 2.45) is 10.7 Å². The third-order valence-corrected chi connectivity index (χ3v) is 4.88. The highest BCUT2D eigenvalue weighted by Gasteiger charge is 2.06. The van der Waals surface area contributed by atoms with Gasteiger partial charge in [-0.3, -0.25) is 0 Å². The van der Waals surface area contributed by atoms with Gasteiger partial charge in [0, 0.05) is 5.69 Å². The average molecular weight is 412 g/mol. The summed E-state index contributed by atoms with van der Waals surface area (Å²) < 4.78 is 6.97. The highest BCUT2D eigenvalue weighted by atomic mass is 16.5. The summed E-state index contributed by atoms with van der Waals surface area (Å²) in [6.07, 6.45) is 3.26. The van der Waals surface area contributed by atoms with E-state index in [0.29, 0.717) is 19.0 Å². The molecule has 0 unspecified atom stereocenters. The van der Waals surface area contributed by atoms with Crippen molar-refractivity contribution in [1.82, 2.24) is 14.8 Å². The molecule has 0 aliphatic carbocycles. The van der Waals surface area contributed by atoms with Gasteiger partial charge in [0.2, 0.25) is 0 Å². The Morgan fingerprint density at radius 2 is 1.81 bits per heavy atom. The molecule has 0 radical (unpaired) electrons. The van der Waals surface area contributed by atoms with Crippen molar-refractivity contribution in [3.8, 4) is 16.9 Å². The van der Waals surface area contributed by atoms with Gasteiger partial charge in [0.15, 0.2) is 5.96 Å². The van der Waals surface area contributed by atoms with E-state index in [1.807, 2.05) is 36.4 Å². The van der Waals surface area contributed by atoms with Gasteiger partial charge in [-0.15, -0.1) is 0 Å². The zero-order chi connectivity index (χ0) is 21.5. The molecular weight excluding hydrogens is 388 g/mol. The lowest BCUT2D eigenvalue weighted by atomic mass is 9.98. The number of benzene rings is 3. The van der Waals surface area contributed by atoms with Gasteiger partial charge in [-0.25, -0.2) is 14.7 Å². The first-order chi connectivity index (χ1) is 15.2. The molecule has 0 fully saturated rings. The number of aliphatic imine (C=N–C) groups is 1. The maximum atomic E-state index is 6.09. The fraction of sp³-hybridized carbons (Fsp3) is 0.125. The number of hydrogen-bond donors (Lipinski definition) is 2. The standard InChI is InChI=1S/C24H24N6O/c1-31-22-12-10-21(11-13-22)29-24(25)27-14-20-4-2-3-5-23(20)19-8-6-18(7-9-19)15-30-17-26-16-28-30/h2-13,16-17H,14-15H2,1H3,(H3,25,27,29). The molecule has 0 bridgehead atoms. The summed E-state index contributed by atoms with van der Waals surface area (Å²) in [4.78, 5) is 8.50. The van der Waals surface area contributed by atoms with Crippen LogP contribution in [-0.2, 0) is 13.1 Å². The van der Waals surface area contributed by atoms with Crippen molar-refractivity contribution < 1.29 is 4.74 Å². The summed E-state index contributed by atoms with van der Waals surface area (Å²) in [6.45, 7) is 1.17. The number of ether oxygens (including phenoxy) is 1. The predicted molar refractivity (Wildman–Crippen MR) is 123 cm³/mol. The SMILES string of the molecule is COc1ccc(NC(N)=NCc2ccccc2-c2ccc(Cn3cncn3)cc2)cc1. The predicted octanol–water partition coefficient (Wildman–Crippen LogP) is 3.93. The Balaban J connectivity index is 1.45. The highest BCUT2D eigenvalue weighted by molar-refractivity contribution is 5.92. The van der Waals surface area contributed by atoms with Crippen molar-refractivity contribution in [1.29, 1.82) is 0 Å². The van der Waals surface area contributed by atoms with E-state index in [-0.39, 0.29) is 0 Å². The summed E-state index contributed by atoms with van der Waals surface area (Å²) >= 11 is 0. The fourth-order valence-electron chi connectivity index (χ4n) is 3.26. The lowest BCUT2D eigenvalue weighted by molar-refractivity contribution is 0.415. The number of nitrogens with zero attached hydrogens (tertiary/aromatic N) is 4. The van der Waals surface area contributed by atoms with E-state index < -0.39 is 0 Å². The second kappa shape index (κ2) is 9.58. The minimum Gasteiger partial charge on any atom is -0.497 e. The summed E-state index contributed by atoms with van der Waals surface area (Å²) in [6, 6.07) is 24.2. The Morgan fingerprint density at radius 3 is 2.52 bits per heavy atom. The fourth-order valence-corrected chi connectivity index (χ4v) is 3.26. The molecule has 0 amide bonds. The monoisotopic (exact) mass is 412 g/mol. The van der Waals surface area contributed by atoms with Crippen LogP contribution < -0.4 is 15.8 Å². The van der Waals surface area contributed by atoms with Gasteiger partial charge in [0.25, 0.3) is 0 Å². The van der Waals surface area contributed by atoms with Crippen molar-refractivity contribution in [3.63, 3.8) is 0 Å². The molecule has 0 spiro atoms. The first-order valence-corrected chi connectivity index (χ1v) is 9.92. The molecule has 0 aliphatic heterocycles. The van der Waals surface area contributed by atoms with E-state index in [2.05, 4.69) is 56.8 Å². The summed E-state index contributed by atoms with van der Waals surface area (Å²) in [5.74, 6) is 1.16. The molecule has 156 valence electrons. The third kappa shape index (κ3) is 5.27. The first-order valence-electron chi connectivity index (χ1n) is 9.92. The van der Waals surface area contributed by atoms with E-state index in [1.165, 1.54) is 0 Å². The van der Waals surface area contributed by atoms with Crippen LogP contribution in [0.4, 0.5) is 5.69 Å². The summed E-state index contributed by atoms with van der Waals surface area (Å²) in [5, 5.41) is 7.26. The van der Waals surface area contributed by atoms with Crippen molar-refractivity contribution in [2.45, 2.75) is 13.1 Å². The molecule has 7 nitrogen and oxygen atoms in total. The lowest BCUT2D eigenvalue weighted by Gasteiger charge is -2.10. The number of rotatable bonds is 7. The second-order valence-corrected chi connectivity index (χ2v) is 7.00. The minimum absolute atomic E-state index is 0.364. The van der Waals surface area contributed by atoms with E-state index >= 15 is 0 Å². The van der Waals surface area contributed by atoms with Crippen molar-refractivity contribution in [3.05, 3.63) is 96.6 Å².